The highest BCUT2D eigenvalue weighted by Crippen LogP contribution is 2.18. The Hall–Kier alpha value is -2.38. The van der Waals surface area contributed by atoms with Crippen LogP contribution < -0.4 is 9.61 Å². The summed E-state index contributed by atoms with van der Waals surface area (Å²) in [4.78, 5) is 10.5. The third-order valence-electron chi connectivity index (χ3n) is 2.72. The van der Waals surface area contributed by atoms with Gasteiger partial charge >= 0.3 is 10.1 Å². The van der Waals surface area contributed by atoms with Gasteiger partial charge < -0.3 is 4.18 Å². The molecular weight excluding hydrogens is 340 g/mol. The van der Waals surface area contributed by atoms with Crippen molar-refractivity contribution < 1.29 is 17.4 Å². The molecule has 0 aliphatic carbocycles. The number of rotatable bonds is 6. The van der Waals surface area contributed by atoms with Gasteiger partial charge in [0.25, 0.3) is 0 Å². The minimum Gasteiger partial charge on any atom is -0.383 e. The van der Waals surface area contributed by atoms with Crippen LogP contribution in [0.4, 0.5) is 0 Å². The molecule has 0 atom stereocenters. The summed E-state index contributed by atoms with van der Waals surface area (Å²) in [5.74, 6) is 0.190. The fraction of sp³-hybridized carbons (Fsp3) is 0.0667. The quantitative estimate of drug-likeness (QED) is 0.374. The maximum Gasteiger partial charge on any atom is 0.306 e. The lowest BCUT2D eigenvalue weighted by Gasteiger charge is -2.08. The van der Waals surface area contributed by atoms with E-state index in [1.165, 1.54) is 12.1 Å². The summed E-state index contributed by atoms with van der Waals surface area (Å²) < 4.78 is 27.0. The molecule has 0 saturated carbocycles. The Kier molecular flexibility index (Phi) is 5.36. The van der Waals surface area contributed by atoms with Crippen LogP contribution >= 0.6 is 11.6 Å². The Morgan fingerprint density at radius 3 is 2.09 bits per heavy atom. The molecule has 0 radical (unpaired) electrons. The van der Waals surface area contributed by atoms with E-state index in [1.807, 2.05) is 0 Å². The van der Waals surface area contributed by atoms with E-state index in [0.717, 1.165) is 11.8 Å². The molecule has 23 heavy (non-hydrogen) atoms. The van der Waals surface area contributed by atoms with Crippen molar-refractivity contribution in [3.63, 3.8) is 0 Å². The number of amides is 1. The molecule has 0 bridgehead atoms. The molecule has 8 heteroatoms. The van der Waals surface area contributed by atoms with Crippen LogP contribution in [0.5, 0.6) is 5.75 Å². The van der Waals surface area contributed by atoms with Crippen molar-refractivity contribution in [2.24, 2.45) is 5.10 Å². The maximum absolute atomic E-state index is 11.1. The van der Waals surface area contributed by atoms with Gasteiger partial charge in [-0.2, -0.15) is 13.5 Å². The molecule has 0 aromatic heterocycles. The number of hydrogen-bond donors (Lipinski definition) is 1. The zero-order valence-electron chi connectivity index (χ0n) is 12.1. The van der Waals surface area contributed by atoms with Crippen molar-refractivity contribution in [2.75, 3.05) is 6.26 Å². The first kappa shape index (κ1) is 17.0. The van der Waals surface area contributed by atoms with Gasteiger partial charge in [0.05, 0.1) is 12.0 Å². The minimum absolute atomic E-state index is 0.190. The van der Waals surface area contributed by atoms with Crippen molar-refractivity contribution in [2.45, 2.75) is 0 Å². The summed E-state index contributed by atoms with van der Waals surface area (Å²) in [5.41, 5.74) is 4.17. The molecule has 120 valence electrons. The molecule has 1 amide bonds. The van der Waals surface area contributed by atoms with Crippen molar-refractivity contribution in [1.29, 1.82) is 0 Å². The maximum atomic E-state index is 11.1. The van der Waals surface area contributed by atoms with Crippen LogP contribution in [0.15, 0.2) is 53.6 Å². The molecule has 2 aromatic carbocycles. The van der Waals surface area contributed by atoms with Gasteiger partial charge in [-0.25, -0.2) is 5.43 Å². The smallest absolute Gasteiger partial charge is 0.306 e. The third-order valence-corrected chi connectivity index (χ3v) is 3.47. The lowest BCUT2D eigenvalue weighted by Crippen LogP contribution is -2.11. The van der Waals surface area contributed by atoms with E-state index in [-0.39, 0.29) is 5.75 Å². The molecule has 2 rings (SSSR count). The van der Waals surface area contributed by atoms with Crippen LogP contribution in [-0.2, 0) is 14.9 Å². The average molecular weight is 353 g/mol. The van der Waals surface area contributed by atoms with Crippen molar-refractivity contribution in [3.8, 4) is 5.75 Å². The molecule has 1 N–H and O–H groups in total. The van der Waals surface area contributed by atoms with Crippen molar-refractivity contribution in [3.05, 3.63) is 64.7 Å². The molecule has 0 aliphatic heterocycles. The van der Waals surface area contributed by atoms with E-state index >= 15 is 0 Å². The van der Waals surface area contributed by atoms with E-state index in [9.17, 15) is 13.2 Å². The second kappa shape index (κ2) is 7.26. The van der Waals surface area contributed by atoms with Crippen LogP contribution in [-0.4, -0.2) is 26.8 Å². The van der Waals surface area contributed by atoms with Gasteiger partial charge in [-0.15, -0.1) is 0 Å². The standard InChI is InChI=1S/C15H13ClN2O4S/c1-23(20,21)22-14-8-4-12(5-9-14)15(18-17-10-19)11-2-6-13(16)7-3-11/h2-10H,1H3,(H,17,19). The highest BCUT2D eigenvalue weighted by Gasteiger charge is 2.09. The fourth-order valence-corrected chi connectivity index (χ4v) is 2.42. The number of hydrazone groups is 1. The molecule has 6 nitrogen and oxygen atoms in total. The number of carbonyl (C=O) groups is 1. The molecule has 2 aromatic rings. The van der Waals surface area contributed by atoms with E-state index in [4.69, 9.17) is 15.8 Å². The van der Waals surface area contributed by atoms with E-state index in [1.54, 1.807) is 36.4 Å². The predicted molar refractivity (Wildman–Crippen MR) is 88.2 cm³/mol. The topological polar surface area (TPSA) is 84.8 Å². The third kappa shape index (κ3) is 5.08. The van der Waals surface area contributed by atoms with Crippen LogP contribution in [0, 0.1) is 0 Å². The van der Waals surface area contributed by atoms with Gasteiger partial charge in [0.15, 0.2) is 0 Å². The first-order valence-corrected chi connectivity index (χ1v) is 8.61. The number of hydrogen-bond acceptors (Lipinski definition) is 5. The normalized spacial score (nSPS) is 11.8. The molecule has 0 spiro atoms. The summed E-state index contributed by atoms with van der Waals surface area (Å²) in [6, 6.07) is 13.2. The second-order valence-corrected chi connectivity index (χ2v) is 6.54. The number of halogens is 1. The Labute approximate surface area is 138 Å². The molecule has 0 saturated heterocycles. The van der Waals surface area contributed by atoms with Gasteiger partial charge in [0.2, 0.25) is 6.41 Å². The monoisotopic (exact) mass is 352 g/mol. The Morgan fingerprint density at radius 2 is 1.61 bits per heavy atom. The zero-order valence-corrected chi connectivity index (χ0v) is 13.6. The Morgan fingerprint density at radius 1 is 1.09 bits per heavy atom. The fourth-order valence-electron chi connectivity index (χ4n) is 1.84. The molecule has 0 fully saturated rings. The Balaban J connectivity index is 2.36. The predicted octanol–water partition coefficient (Wildman–Crippen LogP) is 2.18. The zero-order chi connectivity index (χ0) is 16.9. The summed E-state index contributed by atoms with van der Waals surface area (Å²) in [5, 5.41) is 4.59. The first-order valence-electron chi connectivity index (χ1n) is 6.42. The van der Waals surface area contributed by atoms with E-state index in [0.29, 0.717) is 22.7 Å². The molecular formula is C15H13ClN2O4S. The highest BCUT2D eigenvalue weighted by atomic mass is 35.5. The van der Waals surface area contributed by atoms with Gasteiger partial charge in [-0.05, 0) is 36.4 Å². The number of nitrogens with zero attached hydrogens (tertiary/aromatic N) is 1. The van der Waals surface area contributed by atoms with Crippen LogP contribution in [0.3, 0.4) is 0 Å². The van der Waals surface area contributed by atoms with Gasteiger partial charge in [0, 0.05) is 16.1 Å². The summed E-state index contributed by atoms with van der Waals surface area (Å²) in [7, 11) is -3.58. The lowest BCUT2D eigenvalue weighted by molar-refractivity contribution is -0.109. The first-order chi connectivity index (χ1) is 10.9. The Bertz CT molecular complexity index is 816. The van der Waals surface area contributed by atoms with Crippen LogP contribution in [0.1, 0.15) is 11.1 Å². The number of nitrogens with one attached hydrogen (secondary N) is 1. The van der Waals surface area contributed by atoms with E-state index < -0.39 is 10.1 Å². The minimum atomic E-state index is -3.58. The number of carbonyl (C=O) groups excluding carboxylic acids is 1. The van der Waals surface area contributed by atoms with Crippen LogP contribution in [0.25, 0.3) is 0 Å². The van der Waals surface area contributed by atoms with Gasteiger partial charge in [-0.1, -0.05) is 23.7 Å². The molecule has 0 aliphatic rings. The summed E-state index contributed by atoms with van der Waals surface area (Å²) in [6.45, 7) is 0. The molecule has 0 unspecified atom stereocenters. The van der Waals surface area contributed by atoms with Crippen molar-refractivity contribution >= 4 is 33.8 Å². The SMILES string of the molecule is CS(=O)(=O)Oc1ccc(C(=NNC=O)c2ccc(Cl)cc2)cc1. The summed E-state index contributed by atoms with van der Waals surface area (Å²) in [6.07, 6.45) is 1.42. The average Bonchev–Trinajstić information content (AvgIpc) is 2.49. The highest BCUT2D eigenvalue weighted by molar-refractivity contribution is 7.86. The largest absolute Gasteiger partial charge is 0.383 e. The molecule has 0 heterocycles. The lowest BCUT2D eigenvalue weighted by atomic mass is 10.0. The number of benzene rings is 2. The van der Waals surface area contributed by atoms with Gasteiger partial charge in [0.1, 0.15) is 5.75 Å². The van der Waals surface area contributed by atoms with E-state index in [2.05, 4.69) is 10.5 Å². The second-order valence-electron chi connectivity index (χ2n) is 4.53. The van der Waals surface area contributed by atoms with Crippen molar-refractivity contribution in [1.82, 2.24) is 5.43 Å². The van der Waals surface area contributed by atoms with Gasteiger partial charge in [-0.3, -0.25) is 4.79 Å². The van der Waals surface area contributed by atoms with Crippen LogP contribution in [0.2, 0.25) is 5.02 Å². The summed E-state index contributed by atoms with van der Waals surface area (Å²) >= 11 is 5.86.